The summed E-state index contributed by atoms with van der Waals surface area (Å²) in [5.74, 6) is 0.652. The molecule has 0 heterocycles. The molecule has 7 heteroatoms. The average Bonchev–Trinajstić information content (AvgIpc) is 2.56. The number of aryl methyl sites for hydroxylation is 2. The van der Waals surface area contributed by atoms with Gasteiger partial charge in [0, 0.05) is 20.1 Å². The van der Waals surface area contributed by atoms with Crippen molar-refractivity contribution in [1.82, 2.24) is 10.6 Å². The quantitative estimate of drug-likeness (QED) is 0.536. The molecule has 0 aliphatic carbocycles. The van der Waals surface area contributed by atoms with E-state index < -0.39 is 10.0 Å². The van der Waals surface area contributed by atoms with Crippen LogP contribution >= 0.6 is 0 Å². The fourth-order valence-electron chi connectivity index (χ4n) is 2.60. The Hall–Kier alpha value is -2.54. The molecule has 3 N–H and O–H groups in total. The van der Waals surface area contributed by atoms with Crippen LogP contribution in [-0.4, -0.2) is 27.7 Å². The van der Waals surface area contributed by atoms with Crippen LogP contribution in [0.3, 0.4) is 0 Å². The van der Waals surface area contributed by atoms with Crippen molar-refractivity contribution < 1.29 is 8.42 Å². The number of benzene rings is 2. The summed E-state index contributed by atoms with van der Waals surface area (Å²) in [6.07, 6.45) is 1.14. The Morgan fingerprint density at radius 2 is 1.65 bits per heavy atom. The van der Waals surface area contributed by atoms with Crippen LogP contribution in [0.15, 0.2) is 47.5 Å². The summed E-state index contributed by atoms with van der Waals surface area (Å²) in [6.45, 7) is 5.28. The Morgan fingerprint density at radius 1 is 1.00 bits per heavy atom. The van der Waals surface area contributed by atoms with Gasteiger partial charge >= 0.3 is 0 Å². The van der Waals surface area contributed by atoms with Gasteiger partial charge in [0.25, 0.3) is 0 Å². The van der Waals surface area contributed by atoms with Gasteiger partial charge in [-0.15, -0.1) is 0 Å². The summed E-state index contributed by atoms with van der Waals surface area (Å²) in [7, 11) is -1.62. The second-order valence-corrected chi connectivity index (χ2v) is 7.99. The highest BCUT2D eigenvalue weighted by Gasteiger charge is 2.08. The Labute approximate surface area is 155 Å². The molecule has 2 aromatic carbocycles. The SMILES string of the molecule is CN=C(NCc1ccc(C)cc1C)NCc1ccccc1NS(C)(=O)=O. The zero-order valence-electron chi connectivity index (χ0n) is 15.6. The highest BCUT2D eigenvalue weighted by Crippen LogP contribution is 2.16. The van der Waals surface area contributed by atoms with E-state index in [0.29, 0.717) is 24.7 Å². The van der Waals surface area contributed by atoms with Crippen molar-refractivity contribution in [2.45, 2.75) is 26.9 Å². The molecule has 0 atom stereocenters. The smallest absolute Gasteiger partial charge is 0.229 e. The number of hydrogen-bond donors (Lipinski definition) is 3. The van der Waals surface area contributed by atoms with Crippen molar-refractivity contribution in [3.63, 3.8) is 0 Å². The summed E-state index contributed by atoms with van der Waals surface area (Å²) < 4.78 is 25.5. The molecule has 0 aliphatic heterocycles. The predicted octanol–water partition coefficient (Wildman–Crippen LogP) is 2.54. The number of rotatable bonds is 6. The molecule has 0 amide bonds. The van der Waals surface area contributed by atoms with Gasteiger partial charge in [0.05, 0.1) is 11.9 Å². The molecule has 26 heavy (non-hydrogen) atoms. The molecular formula is C19H26N4O2S. The predicted molar refractivity (Wildman–Crippen MR) is 108 cm³/mol. The molecule has 0 aliphatic rings. The van der Waals surface area contributed by atoms with Crippen LogP contribution < -0.4 is 15.4 Å². The minimum Gasteiger partial charge on any atom is -0.352 e. The number of nitrogens with one attached hydrogen (secondary N) is 3. The molecule has 0 fully saturated rings. The van der Waals surface area contributed by atoms with E-state index in [1.807, 2.05) is 12.1 Å². The fraction of sp³-hybridized carbons (Fsp3) is 0.316. The summed E-state index contributed by atoms with van der Waals surface area (Å²) in [5, 5.41) is 6.50. The first-order chi connectivity index (χ1) is 12.3. The molecule has 6 nitrogen and oxygen atoms in total. The fourth-order valence-corrected chi connectivity index (χ4v) is 3.20. The lowest BCUT2D eigenvalue weighted by atomic mass is 10.1. The third kappa shape index (κ3) is 6.07. The Balaban J connectivity index is 1.99. The maximum atomic E-state index is 11.5. The van der Waals surface area contributed by atoms with Crippen molar-refractivity contribution in [3.8, 4) is 0 Å². The van der Waals surface area contributed by atoms with Gasteiger partial charge < -0.3 is 10.6 Å². The van der Waals surface area contributed by atoms with Gasteiger partial charge in [-0.1, -0.05) is 42.0 Å². The minimum absolute atomic E-state index is 0.450. The van der Waals surface area contributed by atoms with Crippen molar-refractivity contribution in [2.24, 2.45) is 4.99 Å². The van der Waals surface area contributed by atoms with Crippen LogP contribution in [0, 0.1) is 13.8 Å². The Morgan fingerprint density at radius 3 is 2.27 bits per heavy atom. The lowest BCUT2D eigenvalue weighted by molar-refractivity contribution is 0.606. The minimum atomic E-state index is -3.32. The van der Waals surface area contributed by atoms with E-state index in [1.165, 1.54) is 16.7 Å². The molecule has 0 unspecified atom stereocenters. The van der Waals surface area contributed by atoms with E-state index in [-0.39, 0.29) is 0 Å². The zero-order valence-corrected chi connectivity index (χ0v) is 16.4. The van der Waals surface area contributed by atoms with E-state index in [1.54, 1.807) is 19.2 Å². The van der Waals surface area contributed by atoms with Crippen LogP contribution in [-0.2, 0) is 23.1 Å². The normalized spacial score (nSPS) is 11.9. The number of nitrogens with zero attached hydrogens (tertiary/aromatic N) is 1. The molecule has 0 saturated heterocycles. The van der Waals surface area contributed by atoms with Crippen LogP contribution in [0.4, 0.5) is 5.69 Å². The molecule has 0 spiro atoms. The second-order valence-electron chi connectivity index (χ2n) is 6.24. The van der Waals surface area contributed by atoms with Gasteiger partial charge in [-0.3, -0.25) is 9.71 Å². The van der Waals surface area contributed by atoms with Crippen molar-refractivity contribution in [1.29, 1.82) is 0 Å². The zero-order chi connectivity index (χ0) is 19.2. The van der Waals surface area contributed by atoms with Gasteiger partial charge in [-0.25, -0.2) is 8.42 Å². The van der Waals surface area contributed by atoms with E-state index >= 15 is 0 Å². The number of guanidine groups is 1. The maximum absolute atomic E-state index is 11.5. The van der Waals surface area contributed by atoms with E-state index in [9.17, 15) is 8.42 Å². The van der Waals surface area contributed by atoms with Crippen molar-refractivity contribution in [2.75, 3.05) is 18.0 Å². The number of hydrogen-bond acceptors (Lipinski definition) is 3. The van der Waals surface area contributed by atoms with Crippen molar-refractivity contribution in [3.05, 3.63) is 64.7 Å². The second kappa shape index (κ2) is 8.71. The summed E-state index contributed by atoms with van der Waals surface area (Å²) in [6, 6.07) is 13.6. The summed E-state index contributed by atoms with van der Waals surface area (Å²) in [5.41, 5.74) is 5.08. The molecule has 0 bridgehead atoms. The molecule has 2 rings (SSSR count). The number of sulfonamides is 1. The van der Waals surface area contributed by atoms with Gasteiger partial charge in [0.1, 0.15) is 0 Å². The first-order valence-electron chi connectivity index (χ1n) is 8.35. The van der Waals surface area contributed by atoms with Gasteiger partial charge in [0.2, 0.25) is 10.0 Å². The van der Waals surface area contributed by atoms with Crippen molar-refractivity contribution >= 4 is 21.7 Å². The van der Waals surface area contributed by atoms with Gasteiger partial charge in [-0.2, -0.15) is 0 Å². The number of anilines is 1. The number of aliphatic imine (C=N–C) groups is 1. The van der Waals surface area contributed by atoms with Crippen LogP contribution in [0.1, 0.15) is 22.3 Å². The molecule has 0 saturated carbocycles. The van der Waals surface area contributed by atoms with Crippen LogP contribution in [0.2, 0.25) is 0 Å². The standard InChI is InChI=1S/C19H26N4O2S/c1-14-9-10-16(15(2)11-14)12-21-19(20-3)22-13-17-7-5-6-8-18(17)23-26(4,24)25/h5-11,23H,12-13H2,1-4H3,(H2,20,21,22). The monoisotopic (exact) mass is 374 g/mol. The summed E-state index contributed by atoms with van der Waals surface area (Å²) >= 11 is 0. The highest BCUT2D eigenvalue weighted by atomic mass is 32.2. The molecule has 0 aromatic heterocycles. The van der Waals surface area contributed by atoms with Gasteiger partial charge in [0.15, 0.2) is 5.96 Å². The summed E-state index contributed by atoms with van der Waals surface area (Å²) in [4.78, 5) is 4.23. The highest BCUT2D eigenvalue weighted by molar-refractivity contribution is 7.92. The first kappa shape index (κ1) is 19.8. The lowest BCUT2D eigenvalue weighted by Crippen LogP contribution is -2.36. The van der Waals surface area contributed by atoms with E-state index in [2.05, 4.69) is 52.4 Å². The lowest BCUT2D eigenvalue weighted by Gasteiger charge is -2.15. The largest absolute Gasteiger partial charge is 0.352 e. The average molecular weight is 375 g/mol. The third-order valence-electron chi connectivity index (χ3n) is 3.93. The Kier molecular flexibility index (Phi) is 6.63. The molecule has 0 radical (unpaired) electrons. The molecule has 140 valence electrons. The Bertz CT molecular complexity index is 892. The number of para-hydroxylation sites is 1. The third-order valence-corrected chi connectivity index (χ3v) is 4.52. The first-order valence-corrected chi connectivity index (χ1v) is 10.2. The maximum Gasteiger partial charge on any atom is 0.229 e. The van der Waals surface area contributed by atoms with Gasteiger partial charge in [-0.05, 0) is 36.6 Å². The topological polar surface area (TPSA) is 82.6 Å². The van der Waals surface area contributed by atoms with Crippen LogP contribution in [0.25, 0.3) is 0 Å². The van der Waals surface area contributed by atoms with E-state index in [0.717, 1.165) is 11.8 Å². The molecule has 2 aromatic rings. The van der Waals surface area contributed by atoms with E-state index in [4.69, 9.17) is 0 Å². The van der Waals surface area contributed by atoms with Crippen LogP contribution in [0.5, 0.6) is 0 Å². The molecular weight excluding hydrogens is 348 g/mol.